The first-order chi connectivity index (χ1) is 12.3. The van der Waals surface area contributed by atoms with E-state index >= 15 is 0 Å². The van der Waals surface area contributed by atoms with Crippen molar-refractivity contribution in [1.29, 1.82) is 0 Å². The predicted octanol–water partition coefficient (Wildman–Crippen LogP) is 2.27. The van der Waals surface area contributed by atoms with Gasteiger partial charge in [0, 0.05) is 26.1 Å². The van der Waals surface area contributed by atoms with Crippen molar-refractivity contribution >= 4 is 17.9 Å². The highest BCUT2D eigenvalue weighted by Gasteiger charge is 2.15. The van der Waals surface area contributed by atoms with Crippen molar-refractivity contribution in [2.75, 3.05) is 19.6 Å². The van der Waals surface area contributed by atoms with Gasteiger partial charge in [-0.25, -0.2) is 4.79 Å². The summed E-state index contributed by atoms with van der Waals surface area (Å²) in [5.74, 6) is 0.327. The zero-order valence-electron chi connectivity index (χ0n) is 16.2. The van der Waals surface area contributed by atoms with Crippen molar-refractivity contribution in [2.24, 2.45) is 5.92 Å². The van der Waals surface area contributed by atoms with Gasteiger partial charge in [-0.2, -0.15) is 0 Å². The topological polar surface area (TPSA) is 96.5 Å². The smallest absolute Gasteiger partial charge is 0.407 e. The number of hydrogen-bond donors (Lipinski definition) is 3. The average molecular weight is 367 g/mol. The zero-order chi connectivity index (χ0) is 19.4. The monoisotopic (exact) mass is 367 g/mol. The summed E-state index contributed by atoms with van der Waals surface area (Å²) in [5.41, 5.74) is -0.553. The summed E-state index contributed by atoms with van der Waals surface area (Å²) >= 11 is 0. The Kier molecular flexibility index (Phi) is 9.76. The largest absolute Gasteiger partial charge is 0.444 e. The minimum Gasteiger partial charge on any atom is -0.444 e. The Labute approximate surface area is 156 Å². The molecule has 0 aliphatic heterocycles. The number of allylic oxidation sites excluding steroid dienone is 1. The van der Waals surface area contributed by atoms with Gasteiger partial charge in [0.15, 0.2) is 0 Å². The van der Waals surface area contributed by atoms with Crippen LogP contribution in [0.15, 0.2) is 12.2 Å². The summed E-state index contributed by atoms with van der Waals surface area (Å²) in [6.07, 6.45) is 8.81. The Balaban J connectivity index is 1.99. The molecule has 0 aromatic rings. The summed E-state index contributed by atoms with van der Waals surface area (Å²) in [6.45, 7) is 6.57. The van der Waals surface area contributed by atoms with Crippen molar-refractivity contribution in [3.63, 3.8) is 0 Å². The number of amides is 3. The van der Waals surface area contributed by atoms with Gasteiger partial charge in [-0.3, -0.25) is 9.59 Å². The van der Waals surface area contributed by atoms with Crippen LogP contribution in [0.2, 0.25) is 0 Å². The van der Waals surface area contributed by atoms with Crippen LogP contribution in [0, 0.1) is 5.92 Å². The second-order valence-corrected chi connectivity index (χ2v) is 7.58. The number of carbonyl (C=O) groups is 3. The van der Waals surface area contributed by atoms with Crippen molar-refractivity contribution in [1.82, 2.24) is 16.0 Å². The van der Waals surface area contributed by atoms with Crippen LogP contribution in [0.25, 0.3) is 0 Å². The van der Waals surface area contributed by atoms with E-state index in [0.29, 0.717) is 25.4 Å². The fourth-order valence-electron chi connectivity index (χ4n) is 2.64. The van der Waals surface area contributed by atoms with Gasteiger partial charge in [-0.1, -0.05) is 18.9 Å². The molecule has 0 radical (unpaired) electrons. The van der Waals surface area contributed by atoms with Gasteiger partial charge in [-0.05, 0) is 52.0 Å². The molecule has 0 heterocycles. The highest BCUT2D eigenvalue weighted by atomic mass is 16.6. The fraction of sp³-hybridized carbons (Fsp3) is 0.737. The van der Waals surface area contributed by atoms with Crippen molar-refractivity contribution in [2.45, 2.75) is 64.9 Å². The minimum absolute atomic E-state index is 0.0789. The van der Waals surface area contributed by atoms with Crippen molar-refractivity contribution < 1.29 is 19.1 Å². The molecule has 7 nitrogen and oxygen atoms in total. The van der Waals surface area contributed by atoms with E-state index in [0.717, 1.165) is 0 Å². The van der Waals surface area contributed by atoms with E-state index in [9.17, 15) is 14.4 Å². The maximum absolute atomic E-state index is 11.7. The van der Waals surface area contributed by atoms with Crippen LogP contribution in [0.5, 0.6) is 0 Å². The highest BCUT2D eigenvalue weighted by Crippen LogP contribution is 2.25. The van der Waals surface area contributed by atoms with Gasteiger partial charge in [-0.15, -0.1) is 0 Å². The lowest BCUT2D eigenvalue weighted by molar-refractivity contribution is -0.120. The Bertz CT molecular complexity index is 492. The molecule has 0 aromatic heterocycles. The van der Waals surface area contributed by atoms with Crippen molar-refractivity contribution in [3.05, 3.63) is 12.2 Å². The molecule has 148 valence electrons. The second-order valence-electron chi connectivity index (χ2n) is 7.58. The molecule has 1 aliphatic rings. The summed E-state index contributed by atoms with van der Waals surface area (Å²) in [7, 11) is 0. The van der Waals surface area contributed by atoms with E-state index in [2.05, 4.69) is 16.0 Å². The number of hydrogen-bond acceptors (Lipinski definition) is 4. The van der Waals surface area contributed by atoms with Crippen LogP contribution in [0.4, 0.5) is 4.79 Å². The van der Waals surface area contributed by atoms with Crippen LogP contribution in [-0.4, -0.2) is 43.1 Å². The molecular formula is C19H33N3O4. The van der Waals surface area contributed by atoms with E-state index in [1.807, 2.05) is 6.08 Å². The van der Waals surface area contributed by atoms with Crippen molar-refractivity contribution in [3.8, 4) is 0 Å². The molecule has 0 atom stereocenters. The van der Waals surface area contributed by atoms with Gasteiger partial charge in [0.25, 0.3) is 0 Å². The minimum atomic E-state index is -0.553. The number of nitrogens with one attached hydrogen (secondary N) is 3. The van der Waals surface area contributed by atoms with Gasteiger partial charge in [0.2, 0.25) is 11.8 Å². The molecule has 0 bridgehead atoms. The third-order valence-corrected chi connectivity index (χ3v) is 3.91. The van der Waals surface area contributed by atoms with E-state index in [1.54, 1.807) is 26.8 Å². The third-order valence-electron chi connectivity index (χ3n) is 3.91. The fourth-order valence-corrected chi connectivity index (χ4v) is 2.64. The first-order valence-corrected chi connectivity index (χ1v) is 9.46. The first-order valence-electron chi connectivity index (χ1n) is 9.46. The van der Waals surface area contributed by atoms with E-state index in [1.165, 1.54) is 25.7 Å². The predicted molar refractivity (Wildman–Crippen MR) is 101 cm³/mol. The average Bonchev–Trinajstić information content (AvgIpc) is 3.04. The van der Waals surface area contributed by atoms with E-state index in [4.69, 9.17) is 4.74 Å². The van der Waals surface area contributed by atoms with Crippen LogP contribution in [-0.2, 0) is 14.3 Å². The van der Waals surface area contributed by atoms with Crippen LogP contribution >= 0.6 is 0 Å². The molecular weight excluding hydrogens is 334 g/mol. The highest BCUT2D eigenvalue weighted by molar-refractivity contribution is 5.87. The number of ether oxygens (including phenoxy) is 1. The summed E-state index contributed by atoms with van der Waals surface area (Å²) < 4.78 is 5.08. The first kappa shape index (κ1) is 22.0. The van der Waals surface area contributed by atoms with Gasteiger partial charge < -0.3 is 20.7 Å². The quantitative estimate of drug-likeness (QED) is 0.430. The molecule has 7 heteroatoms. The molecule has 3 N–H and O–H groups in total. The maximum atomic E-state index is 11.7. The second kappa shape index (κ2) is 11.5. The van der Waals surface area contributed by atoms with Gasteiger partial charge >= 0.3 is 6.09 Å². The molecule has 0 unspecified atom stereocenters. The summed E-state index contributed by atoms with van der Waals surface area (Å²) in [5, 5.41) is 8.10. The Morgan fingerprint density at radius 1 is 1.00 bits per heavy atom. The zero-order valence-corrected chi connectivity index (χ0v) is 16.2. The number of alkyl carbamates (subject to hydrolysis) is 1. The summed E-state index contributed by atoms with van der Waals surface area (Å²) in [4.78, 5) is 34.7. The molecule has 0 spiro atoms. The number of carbonyl (C=O) groups excluding carboxylic acids is 3. The lowest BCUT2D eigenvalue weighted by Gasteiger charge is -2.19. The SMILES string of the molecule is CC(C)(C)OC(=O)NCCC(=O)NCCCNC(=O)/C=C/C1CCCC1. The molecule has 26 heavy (non-hydrogen) atoms. The molecule has 1 aliphatic carbocycles. The molecule has 0 aromatic carbocycles. The molecule has 1 fully saturated rings. The molecule has 1 rings (SSSR count). The lowest BCUT2D eigenvalue weighted by Crippen LogP contribution is -2.35. The molecule has 0 saturated heterocycles. The van der Waals surface area contributed by atoms with E-state index in [-0.39, 0.29) is 24.8 Å². The lowest BCUT2D eigenvalue weighted by atomic mass is 10.1. The number of rotatable bonds is 9. The Morgan fingerprint density at radius 3 is 2.31 bits per heavy atom. The third kappa shape index (κ3) is 11.5. The normalized spacial score (nSPS) is 15.0. The van der Waals surface area contributed by atoms with Crippen LogP contribution in [0.1, 0.15) is 59.3 Å². The van der Waals surface area contributed by atoms with E-state index < -0.39 is 11.7 Å². The van der Waals surface area contributed by atoms with Gasteiger partial charge in [0.05, 0.1) is 0 Å². The molecule has 1 saturated carbocycles. The van der Waals surface area contributed by atoms with Crippen LogP contribution in [0.3, 0.4) is 0 Å². The van der Waals surface area contributed by atoms with Gasteiger partial charge in [0.1, 0.15) is 5.60 Å². The maximum Gasteiger partial charge on any atom is 0.407 e. The van der Waals surface area contributed by atoms with Crippen LogP contribution < -0.4 is 16.0 Å². The summed E-state index contributed by atoms with van der Waals surface area (Å²) in [6, 6.07) is 0. The Hall–Kier alpha value is -2.05. The standard InChI is InChI=1S/C19H33N3O4/c1-19(2,3)26-18(25)22-14-11-17(24)21-13-6-12-20-16(23)10-9-15-7-4-5-8-15/h9-10,15H,4-8,11-14H2,1-3H3,(H,20,23)(H,21,24)(H,22,25)/b10-9+. The Morgan fingerprint density at radius 2 is 1.65 bits per heavy atom. The molecule has 3 amide bonds.